The minimum Gasteiger partial charge on any atom is -0.396 e. The van der Waals surface area contributed by atoms with Gasteiger partial charge in [-0.1, -0.05) is 6.07 Å². The van der Waals surface area contributed by atoms with Gasteiger partial charge in [-0.3, -0.25) is 9.69 Å². The van der Waals surface area contributed by atoms with Crippen molar-refractivity contribution in [3.8, 4) is 0 Å². The number of likely N-dealkylation sites (tertiary alicyclic amines) is 1. The minimum absolute atomic E-state index is 0.0652. The molecule has 2 fully saturated rings. The van der Waals surface area contributed by atoms with Crippen molar-refractivity contribution < 1.29 is 14.3 Å². The normalized spacial score (nSPS) is 27.2. The molecule has 2 saturated heterocycles. The lowest BCUT2D eigenvalue weighted by Gasteiger charge is -2.41. The van der Waals surface area contributed by atoms with Crippen LogP contribution >= 0.6 is 0 Å². The third-order valence-electron chi connectivity index (χ3n) is 4.78. The van der Waals surface area contributed by atoms with Crippen molar-refractivity contribution >= 4 is 11.6 Å². The molecule has 1 aromatic carbocycles. The lowest BCUT2D eigenvalue weighted by molar-refractivity contribution is -0.126. The van der Waals surface area contributed by atoms with Gasteiger partial charge in [0.05, 0.1) is 6.04 Å². The topological polar surface area (TPSA) is 43.8 Å². The summed E-state index contributed by atoms with van der Waals surface area (Å²) in [6.45, 7) is 2.52. The lowest BCUT2D eigenvalue weighted by Crippen LogP contribution is -2.55. The Labute approximate surface area is 130 Å². The van der Waals surface area contributed by atoms with E-state index in [4.69, 9.17) is 0 Å². The molecule has 1 N–H and O–H groups in total. The highest BCUT2D eigenvalue weighted by Crippen LogP contribution is 2.27. The van der Waals surface area contributed by atoms with Gasteiger partial charge < -0.3 is 10.0 Å². The Hall–Kier alpha value is -1.46. The molecule has 0 bridgehead atoms. The molecule has 1 aromatic rings. The van der Waals surface area contributed by atoms with Gasteiger partial charge in [0.15, 0.2) is 0 Å². The molecule has 5 heteroatoms. The van der Waals surface area contributed by atoms with Crippen LogP contribution in [0, 0.1) is 11.7 Å². The molecular weight excluding hydrogens is 283 g/mol. The fourth-order valence-corrected chi connectivity index (χ4v) is 3.62. The molecule has 0 aliphatic carbocycles. The molecule has 0 radical (unpaired) electrons. The van der Waals surface area contributed by atoms with Crippen LogP contribution in [0.25, 0.3) is 0 Å². The van der Waals surface area contributed by atoms with E-state index in [0.29, 0.717) is 12.2 Å². The predicted octanol–water partition coefficient (Wildman–Crippen LogP) is 2.03. The smallest absolute Gasteiger partial charge is 0.244 e. The van der Waals surface area contributed by atoms with E-state index >= 15 is 0 Å². The van der Waals surface area contributed by atoms with E-state index in [9.17, 15) is 14.3 Å². The number of rotatable bonds is 3. The van der Waals surface area contributed by atoms with Gasteiger partial charge in [0.2, 0.25) is 5.91 Å². The fraction of sp³-hybridized carbons (Fsp3) is 0.588. The second-order valence-corrected chi connectivity index (χ2v) is 6.31. The Morgan fingerprint density at radius 1 is 1.23 bits per heavy atom. The van der Waals surface area contributed by atoms with E-state index in [1.807, 2.05) is 0 Å². The molecule has 2 unspecified atom stereocenters. The first kappa shape index (κ1) is 15.4. The van der Waals surface area contributed by atoms with E-state index in [0.717, 1.165) is 38.8 Å². The summed E-state index contributed by atoms with van der Waals surface area (Å²) in [4.78, 5) is 16.7. The van der Waals surface area contributed by atoms with Gasteiger partial charge >= 0.3 is 0 Å². The third kappa shape index (κ3) is 3.15. The zero-order valence-corrected chi connectivity index (χ0v) is 12.7. The quantitative estimate of drug-likeness (QED) is 0.929. The molecule has 2 atom stereocenters. The molecule has 0 saturated carbocycles. The van der Waals surface area contributed by atoms with Crippen molar-refractivity contribution in [3.05, 3.63) is 30.1 Å². The van der Waals surface area contributed by atoms with E-state index in [1.54, 1.807) is 17.0 Å². The van der Waals surface area contributed by atoms with Gasteiger partial charge in [-0.05, 0) is 56.3 Å². The number of aliphatic hydroxyl groups excluding tert-OH is 1. The van der Waals surface area contributed by atoms with Gasteiger partial charge in [-0.25, -0.2) is 4.39 Å². The molecule has 22 heavy (non-hydrogen) atoms. The van der Waals surface area contributed by atoms with Crippen molar-refractivity contribution in [2.45, 2.75) is 31.7 Å². The number of hydrogen-bond acceptors (Lipinski definition) is 3. The molecule has 1 amide bonds. The van der Waals surface area contributed by atoms with Crippen molar-refractivity contribution in [2.75, 3.05) is 31.1 Å². The Balaban J connectivity index is 1.75. The second-order valence-electron chi connectivity index (χ2n) is 6.31. The van der Waals surface area contributed by atoms with Crippen LogP contribution in [-0.4, -0.2) is 48.2 Å². The van der Waals surface area contributed by atoms with Gasteiger partial charge in [0.25, 0.3) is 0 Å². The summed E-state index contributed by atoms with van der Waals surface area (Å²) in [6, 6.07) is 6.12. The lowest BCUT2D eigenvalue weighted by atomic mass is 9.94. The summed E-state index contributed by atoms with van der Waals surface area (Å²) in [5, 5.41) is 9.37. The van der Waals surface area contributed by atoms with Crippen LogP contribution in [0.4, 0.5) is 10.1 Å². The maximum absolute atomic E-state index is 13.4. The Morgan fingerprint density at radius 3 is 2.82 bits per heavy atom. The van der Waals surface area contributed by atoms with Gasteiger partial charge in [0, 0.05) is 25.4 Å². The first-order chi connectivity index (χ1) is 10.7. The summed E-state index contributed by atoms with van der Waals surface area (Å²) in [6.07, 6.45) is 3.83. The minimum atomic E-state index is -0.314. The number of nitrogens with zero attached hydrogens (tertiary/aromatic N) is 2. The van der Waals surface area contributed by atoms with Crippen LogP contribution in [0.2, 0.25) is 0 Å². The maximum atomic E-state index is 13.4. The van der Waals surface area contributed by atoms with Gasteiger partial charge in [0.1, 0.15) is 5.82 Å². The molecule has 120 valence electrons. The number of amides is 1. The molecular formula is C17H23FN2O2. The number of hydrogen-bond donors (Lipinski definition) is 1. The largest absolute Gasteiger partial charge is 0.396 e. The van der Waals surface area contributed by atoms with Crippen LogP contribution in [0.3, 0.4) is 0 Å². The first-order valence-electron chi connectivity index (χ1n) is 8.11. The molecule has 2 aliphatic rings. The van der Waals surface area contributed by atoms with Crippen LogP contribution in [0.5, 0.6) is 0 Å². The van der Waals surface area contributed by atoms with Gasteiger partial charge in [-0.2, -0.15) is 0 Å². The number of benzene rings is 1. The van der Waals surface area contributed by atoms with E-state index < -0.39 is 0 Å². The third-order valence-corrected chi connectivity index (χ3v) is 4.78. The van der Waals surface area contributed by atoms with Crippen LogP contribution in [-0.2, 0) is 4.79 Å². The maximum Gasteiger partial charge on any atom is 0.244 e. The number of piperidine rings is 2. The highest BCUT2D eigenvalue weighted by atomic mass is 19.1. The first-order valence-corrected chi connectivity index (χ1v) is 8.11. The van der Waals surface area contributed by atoms with E-state index in [1.165, 1.54) is 12.1 Å². The van der Waals surface area contributed by atoms with E-state index in [2.05, 4.69) is 4.90 Å². The van der Waals surface area contributed by atoms with Crippen molar-refractivity contribution in [3.63, 3.8) is 0 Å². The molecule has 0 spiro atoms. The standard InChI is InChI=1S/C17H23FN2O2/c18-14-5-1-6-15(10-14)20-9-3-7-16(17(20)22)19-8-2-4-13(11-19)12-21/h1,5-6,10,13,16,21H,2-4,7-9,11-12H2. The zero-order valence-electron chi connectivity index (χ0n) is 12.7. The monoisotopic (exact) mass is 306 g/mol. The van der Waals surface area contributed by atoms with Crippen molar-refractivity contribution in [1.82, 2.24) is 4.90 Å². The molecule has 2 aliphatic heterocycles. The zero-order chi connectivity index (χ0) is 15.5. The van der Waals surface area contributed by atoms with Crippen molar-refractivity contribution in [1.29, 1.82) is 0 Å². The van der Waals surface area contributed by atoms with Crippen LogP contribution in [0.1, 0.15) is 25.7 Å². The summed E-state index contributed by atoms with van der Waals surface area (Å²) in [5.41, 5.74) is 0.644. The summed E-state index contributed by atoms with van der Waals surface area (Å²) < 4.78 is 13.4. The number of halogens is 1. The number of carbonyl (C=O) groups excluding carboxylic acids is 1. The summed E-state index contributed by atoms with van der Waals surface area (Å²) in [5.74, 6) is 0.0206. The Kier molecular flexibility index (Phi) is 4.74. The predicted molar refractivity (Wildman–Crippen MR) is 83.2 cm³/mol. The average molecular weight is 306 g/mol. The highest BCUT2D eigenvalue weighted by Gasteiger charge is 2.36. The van der Waals surface area contributed by atoms with Crippen LogP contribution in [0.15, 0.2) is 24.3 Å². The molecule has 3 rings (SSSR count). The number of carbonyl (C=O) groups is 1. The summed E-state index contributed by atoms with van der Waals surface area (Å²) in [7, 11) is 0. The molecule has 2 heterocycles. The number of aliphatic hydroxyl groups is 1. The van der Waals surface area contributed by atoms with E-state index in [-0.39, 0.29) is 30.3 Å². The van der Waals surface area contributed by atoms with Crippen molar-refractivity contribution in [2.24, 2.45) is 5.92 Å². The average Bonchev–Trinajstić information content (AvgIpc) is 2.55. The van der Waals surface area contributed by atoms with Gasteiger partial charge in [-0.15, -0.1) is 0 Å². The highest BCUT2D eigenvalue weighted by molar-refractivity contribution is 5.97. The molecule has 0 aromatic heterocycles. The Morgan fingerprint density at radius 2 is 2.05 bits per heavy atom. The fourth-order valence-electron chi connectivity index (χ4n) is 3.62. The Bertz CT molecular complexity index is 537. The molecule has 4 nitrogen and oxygen atoms in total. The SMILES string of the molecule is O=C1C(N2CCCC(CO)C2)CCCN1c1cccc(F)c1. The second kappa shape index (κ2) is 6.75. The summed E-state index contributed by atoms with van der Waals surface area (Å²) >= 11 is 0. The number of anilines is 1. The van der Waals surface area contributed by atoms with Crippen LogP contribution < -0.4 is 4.90 Å².